The molecular formula is C5H9KN2O3. The first kappa shape index (κ1) is 17.4. The Morgan fingerprint density at radius 2 is 2.09 bits per heavy atom. The number of carboxylic acid groups (broad SMARTS) is 1. The summed E-state index contributed by atoms with van der Waals surface area (Å²) in [5.41, 5.74) is 0. The number of hydrogen-bond acceptors (Lipinski definition) is 3. The van der Waals surface area contributed by atoms with Crippen molar-refractivity contribution in [3.8, 4) is 0 Å². The van der Waals surface area contributed by atoms with E-state index in [1.54, 1.807) is 12.4 Å². The molecule has 0 fully saturated rings. The van der Waals surface area contributed by atoms with E-state index in [2.05, 4.69) is 10.2 Å². The van der Waals surface area contributed by atoms with Crippen molar-refractivity contribution in [1.29, 1.82) is 0 Å². The molecule has 1 aromatic rings. The second kappa shape index (κ2) is 12.9. The van der Waals surface area contributed by atoms with Crippen LogP contribution < -0.4 is 56.5 Å². The molecule has 0 aliphatic rings. The SMILES string of the molecule is CC(=O)[O-].O.[K+].c1cn[nH]c1. The average molecular weight is 184 g/mol. The molecular weight excluding hydrogens is 175 g/mol. The van der Waals surface area contributed by atoms with Gasteiger partial charge in [-0.25, -0.2) is 0 Å². The molecule has 1 aromatic heterocycles. The quantitative estimate of drug-likeness (QED) is 0.410. The Kier molecular flexibility index (Phi) is 20.4. The fraction of sp³-hybridized carbons (Fsp3) is 0.200. The van der Waals surface area contributed by atoms with E-state index in [4.69, 9.17) is 9.90 Å². The molecule has 0 amide bonds. The van der Waals surface area contributed by atoms with Gasteiger partial charge in [-0.05, 0) is 13.0 Å². The molecule has 0 radical (unpaired) electrons. The van der Waals surface area contributed by atoms with Crippen LogP contribution in [0.1, 0.15) is 6.92 Å². The third kappa shape index (κ3) is 25.3. The van der Waals surface area contributed by atoms with Gasteiger partial charge in [-0.15, -0.1) is 0 Å². The van der Waals surface area contributed by atoms with Gasteiger partial charge >= 0.3 is 51.4 Å². The van der Waals surface area contributed by atoms with Gasteiger partial charge in [-0.2, -0.15) is 5.10 Å². The summed E-state index contributed by atoms with van der Waals surface area (Å²) < 4.78 is 0. The number of aromatic nitrogens is 2. The minimum Gasteiger partial charge on any atom is -0.550 e. The number of aromatic amines is 1. The van der Waals surface area contributed by atoms with Crippen molar-refractivity contribution in [1.82, 2.24) is 10.2 Å². The Hall–Kier alpha value is 0.276. The first-order valence-electron chi connectivity index (χ1n) is 2.35. The van der Waals surface area contributed by atoms with Gasteiger partial charge in [0.1, 0.15) is 0 Å². The van der Waals surface area contributed by atoms with E-state index in [1.807, 2.05) is 6.07 Å². The predicted molar refractivity (Wildman–Crippen MR) is 32.9 cm³/mol. The molecule has 0 saturated carbocycles. The van der Waals surface area contributed by atoms with Crippen molar-refractivity contribution in [2.24, 2.45) is 0 Å². The van der Waals surface area contributed by atoms with Gasteiger partial charge in [0.2, 0.25) is 0 Å². The van der Waals surface area contributed by atoms with Crippen LogP contribution in [0.15, 0.2) is 18.5 Å². The van der Waals surface area contributed by atoms with Crippen LogP contribution in [0, 0.1) is 0 Å². The molecule has 0 bridgehead atoms. The van der Waals surface area contributed by atoms with Crippen LogP contribution in [0.2, 0.25) is 0 Å². The van der Waals surface area contributed by atoms with E-state index in [-0.39, 0.29) is 56.9 Å². The molecule has 0 unspecified atom stereocenters. The summed E-state index contributed by atoms with van der Waals surface area (Å²) >= 11 is 0. The molecule has 0 aliphatic heterocycles. The number of nitrogens with zero attached hydrogens (tertiary/aromatic N) is 1. The Morgan fingerprint density at radius 3 is 2.18 bits per heavy atom. The van der Waals surface area contributed by atoms with Gasteiger partial charge < -0.3 is 15.4 Å². The summed E-state index contributed by atoms with van der Waals surface area (Å²) in [4.78, 5) is 8.89. The van der Waals surface area contributed by atoms with Gasteiger partial charge in [0.05, 0.1) is 0 Å². The summed E-state index contributed by atoms with van der Waals surface area (Å²) in [5.74, 6) is -1.08. The molecule has 1 heterocycles. The smallest absolute Gasteiger partial charge is 0.550 e. The number of rotatable bonds is 0. The number of carbonyl (C=O) groups is 1. The fourth-order valence-electron chi connectivity index (χ4n) is 0.215. The van der Waals surface area contributed by atoms with Crippen LogP contribution in [0.5, 0.6) is 0 Å². The molecule has 5 nitrogen and oxygen atoms in total. The average Bonchev–Trinajstić information content (AvgIpc) is 2.11. The monoisotopic (exact) mass is 184 g/mol. The first-order chi connectivity index (χ1) is 4.23. The van der Waals surface area contributed by atoms with Gasteiger partial charge in [0.25, 0.3) is 0 Å². The van der Waals surface area contributed by atoms with E-state index < -0.39 is 5.97 Å². The fourth-order valence-corrected chi connectivity index (χ4v) is 0.215. The summed E-state index contributed by atoms with van der Waals surface area (Å²) in [6.45, 7) is 0.972. The molecule has 11 heavy (non-hydrogen) atoms. The van der Waals surface area contributed by atoms with Crippen LogP contribution in [0.3, 0.4) is 0 Å². The number of carbonyl (C=O) groups excluding carboxylic acids is 1. The van der Waals surface area contributed by atoms with Crippen LogP contribution >= 0.6 is 0 Å². The molecule has 6 heteroatoms. The number of hydrogen-bond donors (Lipinski definition) is 1. The third-order valence-electron chi connectivity index (χ3n) is 0.406. The molecule has 0 aromatic carbocycles. The van der Waals surface area contributed by atoms with Crippen molar-refractivity contribution < 1.29 is 66.8 Å². The predicted octanol–water partition coefficient (Wildman–Crippen LogP) is -4.65. The zero-order valence-corrected chi connectivity index (χ0v) is 9.62. The van der Waals surface area contributed by atoms with Gasteiger partial charge in [0.15, 0.2) is 0 Å². The minimum atomic E-state index is -1.08. The molecule has 3 N–H and O–H groups in total. The van der Waals surface area contributed by atoms with E-state index in [0.717, 1.165) is 6.92 Å². The van der Waals surface area contributed by atoms with Crippen molar-refractivity contribution >= 4 is 5.97 Å². The maximum absolute atomic E-state index is 8.89. The van der Waals surface area contributed by atoms with Crippen molar-refractivity contribution in [3.05, 3.63) is 18.5 Å². The number of nitrogens with one attached hydrogen (secondary N) is 1. The van der Waals surface area contributed by atoms with Crippen LogP contribution in [0.25, 0.3) is 0 Å². The van der Waals surface area contributed by atoms with Crippen LogP contribution in [-0.2, 0) is 4.79 Å². The van der Waals surface area contributed by atoms with Crippen molar-refractivity contribution in [2.75, 3.05) is 0 Å². The van der Waals surface area contributed by atoms with E-state index in [9.17, 15) is 0 Å². The summed E-state index contributed by atoms with van der Waals surface area (Å²) in [6, 6.07) is 1.83. The zero-order chi connectivity index (χ0) is 7.11. The van der Waals surface area contributed by atoms with Gasteiger partial charge in [-0.1, -0.05) is 0 Å². The second-order valence-corrected chi connectivity index (χ2v) is 1.26. The topological polar surface area (TPSA) is 100 Å². The Balaban J connectivity index is -0.000000101. The molecule has 0 spiro atoms. The Morgan fingerprint density at radius 1 is 1.64 bits per heavy atom. The van der Waals surface area contributed by atoms with Crippen LogP contribution in [-0.4, -0.2) is 21.6 Å². The van der Waals surface area contributed by atoms with Crippen LogP contribution in [0.4, 0.5) is 0 Å². The standard InChI is InChI=1S/C3H4N2.C2H4O2.K.H2O/c1-2-4-5-3-1;1-2(3)4;;/h1-3H,(H,4,5);1H3,(H,3,4);;1H2/q;;+1;/p-1. The Bertz CT molecular complexity index is 134. The first-order valence-corrected chi connectivity index (χ1v) is 2.35. The minimum absolute atomic E-state index is 0. The molecule has 1 rings (SSSR count). The normalized spacial score (nSPS) is 5.91. The molecule has 0 aliphatic carbocycles. The van der Waals surface area contributed by atoms with E-state index in [1.165, 1.54) is 0 Å². The zero-order valence-electron chi connectivity index (χ0n) is 6.50. The Labute approximate surface area is 107 Å². The van der Waals surface area contributed by atoms with Crippen molar-refractivity contribution in [3.63, 3.8) is 0 Å². The second-order valence-electron chi connectivity index (χ2n) is 1.26. The largest absolute Gasteiger partial charge is 1.00 e. The summed E-state index contributed by atoms with van der Waals surface area (Å²) in [7, 11) is 0. The van der Waals surface area contributed by atoms with E-state index >= 15 is 0 Å². The van der Waals surface area contributed by atoms with Crippen molar-refractivity contribution in [2.45, 2.75) is 6.92 Å². The molecule has 0 saturated heterocycles. The van der Waals surface area contributed by atoms with Gasteiger partial charge in [-0.3, -0.25) is 5.10 Å². The molecule has 0 atom stereocenters. The summed E-state index contributed by atoms with van der Waals surface area (Å²) in [5, 5.41) is 15.1. The summed E-state index contributed by atoms with van der Waals surface area (Å²) in [6.07, 6.45) is 3.46. The number of carboxylic acids is 1. The van der Waals surface area contributed by atoms with E-state index in [0.29, 0.717) is 0 Å². The molecule has 58 valence electrons. The number of H-pyrrole nitrogens is 1. The van der Waals surface area contributed by atoms with Gasteiger partial charge in [0, 0.05) is 18.4 Å². The maximum atomic E-state index is 8.89. The third-order valence-corrected chi connectivity index (χ3v) is 0.406. The number of aliphatic carboxylic acids is 1. The maximum Gasteiger partial charge on any atom is 1.00 e.